The van der Waals surface area contributed by atoms with Gasteiger partial charge in [0, 0.05) is 35.8 Å². The molecule has 0 amide bonds. The molecule has 1 aromatic carbocycles. The van der Waals surface area contributed by atoms with E-state index in [2.05, 4.69) is 9.88 Å². The minimum absolute atomic E-state index is 0.0183. The van der Waals surface area contributed by atoms with Crippen molar-refractivity contribution in [3.05, 3.63) is 47.2 Å². The number of likely N-dealkylation sites (N-methyl/N-ethyl adjacent to an activating group) is 1. The molecule has 1 aliphatic heterocycles. The first-order valence-corrected chi connectivity index (χ1v) is 8.72. The molecule has 1 saturated heterocycles. The highest BCUT2D eigenvalue weighted by molar-refractivity contribution is 6.03. The number of rotatable bonds is 1. The van der Waals surface area contributed by atoms with Crippen LogP contribution in [0.3, 0.4) is 0 Å². The number of carbonyl (C=O) groups excluding carboxylic acids is 1. The van der Waals surface area contributed by atoms with Crippen LogP contribution in [-0.4, -0.2) is 46.4 Å². The molecule has 3 atom stereocenters. The number of carboxylic acids is 1. The highest BCUT2D eigenvalue weighted by Gasteiger charge is 2.46. The summed E-state index contributed by atoms with van der Waals surface area (Å²) >= 11 is 0. The van der Waals surface area contributed by atoms with Crippen molar-refractivity contribution in [2.75, 3.05) is 13.6 Å². The first kappa shape index (κ1) is 16.1. The number of carboxylic acid groups (broad SMARTS) is 1. The number of allylic oxidation sites excluding steroid dienone is 1. The Hall–Kier alpha value is -2.40. The lowest BCUT2D eigenvalue weighted by atomic mass is 9.70. The smallest absolute Gasteiger partial charge is 0.308 e. The van der Waals surface area contributed by atoms with E-state index in [0.29, 0.717) is 12.1 Å². The maximum Gasteiger partial charge on any atom is 0.308 e. The van der Waals surface area contributed by atoms with Gasteiger partial charge in [-0.15, -0.1) is 0 Å². The van der Waals surface area contributed by atoms with E-state index in [1.165, 1.54) is 0 Å². The van der Waals surface area contributed by atoms with Crippen LogP contribution in [0.15, 0.2) is 35.9 Å². The Bertz CT molecular complexity index is 895. The largest absolute Gasteiger partial charge is 0.481 e. The zero-order chi connectivity index (χ0) is 17.7. The van der Waals surface area contributed by atoms with Gasteiger partial charge in [-0.2, -0.15) is 0 Å². The molecule has 1 aliphatic carbocycles. The van der Waals surface area contributed by atoms with E-state index in [-0.39, 0.29) is 24.2 Å². The van der Waals surface area contributed by atoms with Gasteiger partial charge in [0.15, 0.2) is 5.78 Å². The van der Waals surface area contributed by atoms with Crippen molar-refractivity contribution in [3.63, 3.8) is 0 Å². The summed E-state index contributed by atoms with van der Waals surface area (Å²) < 4.78 is 0. The molecule has 0 spiro atoms. The van der Waals surface area contributed by atoms with Gasteiger partial charge in [-0.1, -0.05) is 29.8 Å². The van der Waals surface area contributed by atoms with Crippen molar-refractivity contribution in [1.82, 2.24) is 9.88 Å². The molecule has 130 valence electrons. The van der Waals surface area contributed by atoms with Gasteiger partial charge >= 0.3 is 5.97 Å². The lowest BCUT2D eigenvalue weighted by Crippen LogP contribution is -2.53. The van der Waals surface area contributed by atoms with Crippen LogP contribution in [0.5, 0.6) is 0 Å². The maximum absolute atomic E-state index is 13.0. The number of aromatic amines is 1. The first-order valence-electron chi connectivity index (χ1n) is 8.72. The fourth-order valence-electron chi connectivity index (χ4n) is 4.64. The summed E-state index contributed by atoms with van der Waals surface area (Å²) in [4.78, 5) is 30.5. The van der Waals surface area contributed by atoms with Crippen molar-refractivity contribution in [3.8, 4) is 0 Å². The molecule has 2 aliphatic rings. The molecule has 0 saturated carbocycles. The number of piperidine rings is 1. The number of benzene rings is 1. The number of nitrogens with zero attached hydrogens (tertiary/aromatic N) is 1. The molecule has 1 aromatic heterocycles. The van der Waals surface area contributed by atoms with Crippen molar-refractivity contribution in [1.29, 1.82) is 0 Å². The molecular weight excluding hydrogens is 316 g/mol. The summed E-state index contributed by atoms with van der Waals surface area (Å²) in [5.41, 5.74) is 3.62. The van der Waals surface area contributed by atoms with Crippen LogP contribution in [0.4, 0.5) is 0 Å². The van der Waals surface area contributed by atoms with Crippen molar-refractivity contribution < 1.29 is 14.7 Å². The van der Waals surface area contributed by atoms with Gasteiger partial charge in [-0.05, 0) is 32.0 Å². The minimum Gasteiger partial charge on any atom is -0.481 e. The van der Waals surface area contributed by atoms with E-state index in [0.717, 1.165) is 28.6 Å². The number of ketones is 1. The highest BCUT2D eigenvalue weighted by Crippen LogP contribution is 2.40. The molecule has 4 rings (SSSR count). The van der Waals surface area contributed by atoms with E-state index in [9.17, 15) is 14.7 Å². The molecule has 5 heteroatoms. The Labute approximate surface area is 146 Å². The van der Waals surface area contributed by atoms with Crippen LogP contribution in [0.2, 0.25) is 0 Å². The van der Waals surface area contributed by atoms with E-state index in [1.807, 2.05) is 44.3 Å². The van der Waals surface area contributed by atoms with Crippen LogP contribution >= 0.6 is 0 Å². The van der Waals surface area contributed by atoms with Crippen molar-refractivity contribution in [2.24, 2.45) is 11.8 Å². The van der Waals surface area contributed by atoms with Crippen LogP contribution in [0, 0.1) is 11.8 Å². The number of Topliss-reactive ketones (excluding diaryl/α,β-unsaturated/α-hetero) is 1. The van der Waals surface area contributed by atoms with Gasteiger partial charge in [0.05, 0.1) is 11.6 Å². The normalized spacial score (nSPS) is 28.6. The van der Waals surface area contributed by atoms with Crippen LogP contribution in [-0.2, 0) is 11.2 Å². The predicted molar refractivity (Wildman–Crippen MR) is 95.7 cm³/mol. The zero-order valence-corrected chi connectivity index (χ0v) is 14.5. The highest BCUT2D eigenvalue weighted by atomic mass is 16.4. The predicted octanol–water partition coefficient (Wildman–Crippen LogP) is 2.87. The fraction of sp³-hybridized carbons (Fsp3) is 0.400. The van der Waals surface area contributed by atoms with Gasteiger partial charge < -0.3 is 10.1 Å². The van der Waals surface area contributed by atoms with Crippen LogP contribution in [0.1, 0.15) is 29.4 Å². The molecule has 5 nitrogen and oxygen atoms in total. The Morgan fingerprint density at radius 1 is 1.32 bits per heavy atom. The second-order valence-electron chi connectivity index (χ2n) is 7.17. The molecule has 0 radical (unpaired) electrons. The Kier molecular flexibility index (Phi) is 3.76. The fourth-order valence-corrected chi connectivity index (χ4v) is 4.64. The number of carbonyl (C=O) groups is 2. The number of H-pyrrole nitrogens is 1. The lowest BCUT2D eigenvalue weighted by Gasteiger charge is -2.44. The number of likely N-dealkylation sites (tertiary alicyclic amines) is 1. The van der Waals surface area contributed by atoms with E-state index in [4.69, 9.17) is 0 Å². The molecule has 1 fully saturated rings. The van der Waals surface area contributed by atoms with Gasteiger partial charge in [0.1, 0.15) is 0 Å². The Morgan fingerprint density at radius 2 is 2.08 bits per heavy atom. The average molecular weight is 338 g/mol. The topological polar surface area (TPSA) is 73.4 Å². The third-order valence-corrected chi connectivity index (χ3v) is 5.89. The van der Waals surface area contributed by atoms with E-state index < -0.39 is 11.9 Å². The van der Waals surface area contributed by atoms with Crippen LogP contribution in [0.25, 0.3) is 10.9 Å². The summed E-state index contributed by atoms with van der Waals surface area (Å²) in [6, 6.07) is 7.76. The van der Waals surface area contributed by atoms with E-state index in [1.54, 1.807) is 0 Å². The monoisotopic (exact) mass is 338 g/mol. The van der Waals surface area contributed by atoms with Crippen LogP contribution < -0.4 is 0 Å². The van der Waals surface area contributed by atoms with Gasteiger partial charge in [0.2, 0.25) is 0 Å². The number of nitrogens with one attached hydrogen (secondary N) is 1. The number of para-hydroxylation sites is 1. The molecule has 2 heterocycles. The van der Waals surface area contributed by atoms with Crippen molar-refractivity contribution >= 4 is 22.7 Å². The Balaban J connectivity index is 1.92. The standard InChI is InChI=1S/C20H22N2O3/c1-3-11-10-22(2)16-8-14-12-6-4-5-7-15(12)21-19(14)17(23)9-13(11)18(16)20(24)25/h3-7,13,16,18,21H,8-10H2,1-2H3,(H,24,25)/b11-3-/t13-,16-,18+/m0/s1. The number of hydrogen-bond donors (Lipinski definition) is 2. The summed E-state index contributed by atoms with van der Waals surface area (Å²) in [6.07, 6.45) is 2.81. The van der Waals surface area contributed by atoms with Crippen molar-refractivity contribution in [2.45, 2.75) is 25.8 Å². The lowest BCUT2D eigenvalue weighted by molar-refractivity contribution is -0.147. The molecule has 2 aromatic rings. The third kappa shape index (κ3) is 2.42. The molecular formula is C20H22N2O3. The summed E-state index contributed by atoms with van der Waals surface area (Å²) in [5, 5.41) is 10.9. The second-order valence-corrected chi connectivity index (χ2v) is 7.17. The third-order valence-electron chi connectivity index (χ3n) is 5.89. The summed E-state index contributed by atoms with van der Waals surface area (Å²) in [6.45, 7) is 2.65. The molecule has 2 N–H and O–H groups in total. The summed E-state index contributed by atoms with van der Waals surface area (Å²) in [5.74, 6) is -1.58. The SMILES string of the molecule is C/C=C1/CN(C)[C@H]2Cc3c([nH]c4ccccc34)C(=O)C[C@@H]1[C@H]2C(=O)O. The average Bonchev–Trinajstić information content (AvgIpc) is 2.94. The quantitative estimate of drug-likeness (QED) is 0.784. The number of hydrogen-bond acceptors (Lipinski definition) is 3. The Morgan fingerprint density at radius 3 is 2.80 bits per heavy atom. The number of aliphatic carboxylic acids is 1. The first-order chi connectivity index (χ1) is 12.0. The molecule has 0 unspecified atom stereocenters. The van der Waals surface area contributed by atoms with Gasteiger partial charge in [-0.3, -0.25) is 14.5 Å². The molecule has 2 bridgehead atoms. The second kappa shape index (κ2) is 5.85. The van der Waals surface area contributed by atoms with E-state index >= 15 is 0 Å². The zero-order valence-electron chi connectivity index (χ0n) is 14.5. The minimum atomic E-state index is -0.808. The summed E-state index contributed by atoms with van der Waals surface area (Å²) in [7, 11) is 1.98. The van der Waals surface area contributed by atoms with Gasteiger partial charge in [0.25, 0.3) is 0 Å². The number of fused-ring (bicyclic) bond motifs is 5. The maximum atomic E-state index is 13.0. The molecule has 25 heavy (non-hydrogen) atoms. The number of aromatic nitrogens is 1. The van der Waals surface area contributed by atoms with Gasteiger partial charge in [-0.25, -0.2) is 0 Å².